The van der Waals surface area contributed by atoms with Crippen LogP contribution >= 0.6 is 0 Å². The Morgan fingerprint density at radius 3 is 2.39 bits per heavy atom. The maximum atomic E-state index is 12.0. The third kappa shape index (κ3) is 6.85. The van der Waals surface area contributed by atoms with Crippen molar-refractivity contribution in [3.05, 3.63) is 29.8 Å². The molecule has 0 spiro atoms. The van der Waals surface area contributed by atoms with Gasteiger partial charge in [-0.05, 0) is 42.9 Å². The molecule has 0 radical (unpaired) electrons. The first-order valence-corrected chi connectivity index (χ1v) is 8.74. The van der Waals surface area contributed by atoms with E-state index in [0.717, 1.165) is 30.0 Å². The molecular formula is C19H27NO3. The zero-order valence-corrected chi connectivity index (χ0v) is 13.7. The molecule has 4 nitrogen and oxygen atoms in total. The van der Waals surface area contributed by atoms with Crippen LogP contribution in [0.25, 0.3) is 0 Å². The molecule has 4 heteroatoms. The third-order valence-corrected chi connectivity index (χ3v) is 4.60. The number of anilines is 1. The quantitative estimate of drug-likeness (QED) is 0.747. The highest BCUT2D eigenvalue weighted by Crippen LogP contribution is 2.27. The lowest BCUT2D eigenvalue weighted by molar-refractivity contribution is -0.137. The Kier molecular flexibility index (Phi) is 7.11. The molecule has 1 aliphatic carbocycles. The van der Waals surface area contributed by atoms with Crippen LogP contribution in [0.4, 0.5) is 5.69 Å². The predicted molar refractivity (Wildman–Crippen MR) is 91.5 cm³/mol. The summed E-state index contributed by atoms with van der Waals surface area (Å²) >= 11 is 0. The van der Waals surface area contributed by atoms with E-state index in [2.05, 4.69) is 5.32 Å². The van der Waals surface area contributed by atoms with Crippen molar-refractivity contribution in [2.45, 2.75) is 64.2 Å². The average molecular weight is 317 g/mol. The van der Waals surface area contributed by atoms with E-state index < -0.39 is 5.97 Å². The van der Waals surface area contributed by atoms with Crippen molar-refractivity contribution in [2.24, 2.45) is 5.92 Å². The van der Waals surface area contributed by atoms with Gasteiger partial charge in [-0.1, -0.05) is 44.2 Å². The molecule has 126 valence electrons. The number of nitrogens with one attached hydrogen (secondary N) is 1. The van der Waals surface area contributed by atoms with Gasteiger partial charge in [-0.15, -0.1) is 0 Å². The van der Waals surface area contributed by atoms with Gasteiger partial charge in [0, 0.05) is 18.5 Å². The lowest BCUT2D eigenvalue weighted by Gasteiger charge is -2.21. The second-order valence-electron chi connectivity index (χ2n) is 6.54. The number of benzene rings is 1. The average Bonchev–Trinajstić information content (AvgIpc) is 2.55. The summed E-state index contributed by atoms with van der Waals surface area (Å²) in [6.07, 6.45) is 9.72. The fourth-order valence-electron chi connectivity index (χ4n) is 3.23. The van der Waals surface area contributed by atoms with Gasteiger partial charge in [0.05, 0.1) is 0 Å². The van der Waals surface area contributed by atoms with Crippen LogP contribution in [0.2, 0.25) is 0 Å². The number of aryl methyl sites for hydroxylation is 1. The fraction of sp³-hybridized carbons (Fsp3) is 0.579. The summed E-state index contributed by atoms with van der Waals surface area (Å²) in [6, 6.07) is 7.71. The second-order valence-corrected chi connectivity index (χ2v) is 6.54. The van der Waals surface area contributed by atoms with Gasteiger partial charge in [0.15, 0.2) is 0 Å². The van der Waals surface area contributed by atoms with Crippen molar-refractivity contribution in [3.63, 3.8) is 0 Å². The third-order valence-electron chi connectivity index (χ3n) is 4.60. The molecule has 0 heterocycles. The monoisotopic (exact) mass is 317 g/mol. The van der Waals surface area contributed by atoms with Gasteiger partial charge in [0.1, 0.15) is 0 Å². The van der Waals surface area contributed by atoms with Crippen LogP contribution < -0.4 is 5.32 Å². The van der Waals surface area contributed by atoms with E-state index >= 15 is 0 Å². The van der Waals surface area contributed by atoms with Gasteiger partial charge in [-0.25, -0.2) is 0 Å². The van der Waals surface area contributed by atoms with E-state index in [4.69, 9.17) is 5.11 Å². The number of carboxylic acid groups (broad SMARTS) is 1. The van der Waals surface area contributed by atoms with Crippen LogP contribution in [0.3, 0.4) is 0 Å². The minimum Gasteiger partial charge on any atom is -0.481 e. The highest BCUT2D eigenvalue weighted by Gasteiger charge is 2.14. The van der Waals surface area contributed by atoms with E-state index in [1.54, 1.807) is 0 Å². The number of amides is 1. The zero-order chi connectivity index (χ0) is 16.5. The van der Waals surface area contributed by atoms with Crippen LogP contribution in [0, 0.1) is 5.92 Å². The van der Waals surface area contributed by atoms with Crippen molar-refractivity contribution < 1.29 is 14.7 Å². The molecule has 0 unspecified atom stereocenters. The molecule has 1 saturated carbocycles. The first-order chi connectivity index (χ1) is 11.1. The fourth-order valence-corrected chi connectivity index (χ4v) is 3.23. The zero-order valence-electron chi connectivity index (χ0n) is 13.7. The van der Waals surface area contributed by atoms with Gasteiger partial charge >= 0.3 is 5.97 Å². The van der Waals surface area contributed by atoms with Crippen molar-refractivity contribution in [1.29, 1.82) is 0 Å². The summed E-state index contributed by atoms with van der Waals surface area (Å²) in [5.74, 6) is 0.0622. The minimum absolute atomic E-state index is 0.0919. The molecule has 2 N–H and O–H groups in total. The van der Waals surface area contributed by atoms with E-state index in [9.17, 15) is 9.59 Å². The summed E-state index contributed by atoms with van der Waals surface area (Å²) in [6.45, 7) is 0. The molecule has 0 aromatic heterocycles. The number of hydrogen-bond donors (Lipinski definition) is 2. The molecule has 1 aromatic rings. The number of aliphatic carboxylic acids is 1. The van der Waals surface area contributed by atoms with Crippen molar-refractivity contribution >= 4 is 17.6 Å². The number of hydrogen-bond acceptors (Lipinski definition) is 2. The lowest BCUT2D eigenvalue weighted by atomic mass is 9.86. The van der Waals surface area contributed by atoms with Crippen LogP contribution in [0.15, 0.2) is 24.3 Å². The number of carbonyl (C=O) groups excluding carboxylic acids is 1. The summed E-state index contributed by atoms with van der Waals surface area (Å²) in [4.78, 5) is 22.5. The SMILES string of the molecule is O=C(O)CCCc1ccc(NC(=O)CCC2CCCCC2)cc1. The van der Waals surface area contributed by atoms with E-state index in [1.165, 1.54) is 32.1 Å². The van der Waals surface area contributed by atoms with Gasteiger partial charge < -0.3 is 10.4 Å². The van der Waals surface area contributed by atoms with Crippen LogP contribution in [0.5, 0.6) is 0 Å². The lowest BCUT2D eigenvalue weighted by Crippen LogP contribution is -2.14. The van der Waals surface area contributed by atoms with Gasteiger partial charge in [-0.2, -0.15) is 0 Å². The Morgan fingerprint density at radius 1 is 1.04 bits per heavy atom. The molecular weight excluding hydrogens is 290 g/mol. The molecule has 0 bridgehead atoms. The molecule has 1 fully saturated rings. The van der Waals surface area contributed by atoms with Crippen LogP contribution in [-0.2, 0) is 16.0 Å². The summed E-state index contributed by atoms with van der Waals surface area (Å²) in [5.41, 5.74) is 1.92. The summed E-state index contributed by atoms with van der Waals surface area (Å²) in [7, 11) is 0. The highest BCUT2D eigenvalue weighted by molar-refractivity contribution is 5.90. The van der Waals surface area contributed by atoms with Gasteiger partial charge in [0.25, 0.3) is 0 Å². The number of carboxylic acids is 1. The topological polar surface area (TPSA) is 66.4 Å². The molecule has 0 atom stereocenters. The predicted octanol–water partition coefficient (Wildman–Crippen LogP) is 4.39. The number of carbonyl (C=O) groups is 2. The van der Waals surface area contributed by atoms with Crippen LogP contribution in [-0.4, -0.2) is 17.0 Å². The van der Waals surface area contributed by atoms with Crippen molar-refractivity contribution in [1.82, 2.24) is 0 Å². The molecule has 0 aliphatic heterocycles. The Bertz CT molecular complexity index is 504. The summed E-state index contributed by atoms with van der Waals surface area (Å²) in [5, 5.41) is 11.6. The Morgan fingerprint density at radius 2 is 1.74 bits per heavy atom. The smallest absolute Gasteiger partial charge is 0.303 e. The van der Waals surface area contributed by atoms with Crippen molar-refractivity contribution in [3.8, 4) is 0 Å². The van der Waals surface area contributed by atoms with E-state index in [-0.39, 0.29) is 12.3 Å². The Balaban J connectivity index is 1.69. The number of rotatable bonds is 8. The Hall–Kier alpha value is -1.84. The van der Waals surface area contributed by atoms with E-state index in [1.807, 2.05) is 24.3 Å². The molecule has 1 amide bonds. The Labute approximate surface area is 138 Å². The maximum absolute atomic E-state index is 12.0. The van der Waals surface area contributed by atoms with Crippen molar-refractivity contribution in [2.75, 3.05) is 5.32 Å². The molecule has 0 saturated heterocycles. The van der Waals surface area contributed by atoms with Gasteiger partial charge in [-0.3, -0.25) is 9.59 Å². The standard InChI is InChI=1S/C19H27NO3/c21-18(14-11-15-5-2-1-3-6-15)20-17-12-9-16(10-13-17)7-4-8-19(22)23/h9-10,12-13,15H,1-8,11,14H2,(H,20,21)(H,22,23). The van der Waals surface area contributed by atoms with Crippen LogP contribution in [0.1, 0.15) is 63.4 Å². The van der Waals surface area contributed by atoms with Gasteiger partial charge in [0.2, 0.25) is 5.91 Å². The highest BCUT2D eigenvalue weighted by atomic mass is 16.4. The molecule has 1 aliphatic rings. The molecule has 1 aromatic carbocycles. The second kappa shape index (κ2) is 9.33. The minimum atomic E-state index is -0.758. The molecule has 2 rings (SSSR count). The first-order valence-electron chi connectivity index (χ1n) is 8.74. The summed E-state index contributed by atoms with van der Waals surface area (Å²) < 4.78 is 0. The maximum Gasteiger partial charge on any atom is 0.303 e. The first kappa shape index (κ1) is 17.5. The van der Waals surface area contributed by atoms with E-state index in [0.29, 0.717) is 12.8 Å². The molecule has 23 heavy (non-hydrogen) atoms. The largest absolute Gasteiger partial charge is 0.481 e. The normalized spacial score (nSPS) is 15.3.